The zero-order valence-electron chi connectivity index (χ0n) is 17.1. The summed E-state index contributed by atoms with van der Waals surface area (Å²) in [5, 5.41) is 2.82. The van der Waals surface area contributed by atoms with E-state index in [1.165, 1.54) is 28.6 Å². The minimum absolute atomic E-state index is 0.0231. The lowest BCUT2D eigenvalue weighted by Crippen LogP contribution is -2.38. The first-order chi connectivity index (χ1) is 13.8. The summed E-state index contributed by atoms with van der Waals surface area (Å²) in [7, 11) is -1.99. The lowest BCUT2D eigenvalue weighted by Gasteiger charge is -2.30. The van der Waals surface area contributed by atoms with Crippen LogP contribution in [0.4, 0.5) is 0 Å². The second-order valence-electron chi connectivity index (χ2n) is 8.11. The van der Waals surface area contributed by atoms with E-state index in [1.54, 1.807) is 7.05 Å². The Kier molecular flexibility index (Phi) is 6.95. The standard InChI is InChI=1S/C21H30N2O5S/c1-15(16-8-9-16)22-20(24)14-28-21(25)17-10-12-19(13-11-17)29(26,27)23(2)18-6-4-3-5-7-18/h10-13,15-16,18H,3-9,14H2,1-2H3,(H,22,24). The summed E-state index contributed by atoms with van der Waals surface area (Å²) >= 11 is 0. The molecule has 0 spiro atoms. The van der Waals surface area contributed by atoms with E-state index in [-0.39, 0.29) is 35.1 Å². The molecule has 3 rings (SSSR count). The zero-order chi connectivity index (χ0) is 21.0. The monoisotopic (exact) mass is 422 g/mol. The number of esters is 1. The van der Waals surface area contributed by atoms with Gasteiger partial charge in [0.25, 0.3) is 5.91 Å². The van der Waals surface area contributed by atoms with Crippen LogP contribution < -0.4 is 5.32 Å². The molecule has 1 atom stereocenters. The summed E-state index contributed by atoms with van der Waals surface area (Å²) in [5.41, 5.74) is 0.215. The van der Waals surface area contributed by atoms with Gasteiger partial charge in [0.05, 0.1) is 10.5 Å². The van der Waals surface area contributed by atoms with Crippen molar-refractivity contribution in [2.75, 3.05) is 13.7 Å². The summed E-state index contributed by atoms with van der Waals surface area (Å²) in [5.74, 6) is -0.453. The molecule has 8 heteroatoms. The molecule has 160 valence electrons. The van der Waals surface area contributed by atoms with Gasteiger partial charge in [-0.25, -0.2) is 13.2 Å². The first-order valence-electron chi connectivity index (χ1n) is 10.3. The summed E-state index contributed by atoms with van der Waals surface area (Å²) in [6.45, 7) is 1.60. The van der Waals surface area contributed by atoms with Gasteiger partial charge in [-0.05, 0) is 62.8 Å². The van der Waals surface area contributed by atoms with E-state index < -0.39 is 16.0 Å². The minimum Gasteiger partial charge on any atom is -0.452 e. The Morgan fingerprint density at radius 1 is 1.10 bits per heavy atom. The van der Waals surface area contributed by atoms with Gasteiger partial charge in [-0.15, -0.1) is 0 Å². The van der Waals surface area contributed by atoms with Crippen LogP contribution in [0.25, 0.3) is 0 Å². The third-order valence-electron chi connectivity index (χ3n) is 5.91. The third kappa shape index (κ3) is 5.57. The maximum atomic E-state index is 12.8. The van der Waals surface area contributed by atoms with Crippen molar-refractivity contribution in [1.82, 2.24) is 9.62 Å². The number of hydrogen-bond donors (Lipinski definition) is 1. The fourth-order valence-corrected chi connectivity index (χ4v) is 5.21. The molecular formula is C21H30N2O5S. The maximum absolute atomic E-state index is 12.8. The molecule has 0 aromatic heterocycles. The molecule has 7 nitrogen and oxygen atoms in total. The number of amides is 1. The Bertz CT molecular complexity index is 827. The van der Waals surface area contributed by atoms with E-state index in [0.29, 0.717) is 5.92 Å². The molecule has 0 heterocycles. The summed E-state index contributed by atoms with van der Waals surface area (Å²) < 4.78 is 32.2. The van der Waals surface area contributed by atoms with Gasteiger partial charge in [-0.2, -0.15) is 4.31 Å². The summed E-state index contributed by atoms with van der Waals surface area (Å²) in [4.78, 5) is 24.2. The van der Waals surface area contributed by atoms with Crippen LogP contribution in [-0.2, 0) is 19.6 Å². The molecule has 1 unspecified atom stereocenters. The van der Waals surface area contributed by atoms with Gasteiger partial charge in [0.15, 0.2) is 6.61 Å². The van der Waals surface area contributed by atoms with Crippen molar-refractivity contribution in [3.8, 4) is 0 Å². The van der Waals surface area contributed by atoms with E-state index in [1.807, 2.05) is 6.92 Å². The minimum atomic E-state index is -3.61. The van der Waals surface area contributed by atoms with Crippen molar-refractivity contribution in [2.45, 2.75) is 68.8 Å². The molecule has 1 aromatic carbocycles. The lowest BCUT2D eigenvalue weighted by atomic mass is 9.96. The Hall–Kier alpha value is -1.93. The van der Waals surface area contributed by atoms with Crippen molar-refractivity contribution >= 4 is 21.9 Å². The van der Waals surface area contributed by atoms with Crippen LogP contribution in [0.3, 0.4) is 0 Å². The highest BCUT2D eigenvalue weighted by Gasteiger charge is 2.30. The predicted molar refractivity (Wildman–Crippen MR) is 109 cm³/mol. The van der Waals surface area contributed by atoms with Crippen LogP contribution in [-0.4, -0.2) is 50.3 Å². The van der Waals surface area contributed by atoms with Crippen LogP contribution in [0.2, 0.25) is 0 Å². The highest BCUT2D eigenvalue weighted by atomic mass is 32.2. The molecule has 2 saturated carbocycles. The smallest absolute Gasteiger partial charge is 0.338 e. The summed E-state index contributed by atoms with van der Waals surface area (Å²) in [6, 6.07) is 5.80. The van der Waals surface area contributed by atoms with Crippen LogP contribution >= 0.6 is 0 Å². The Balaban J connectivity index is 1.55. The van der Waals surface area contributed by atoms with Crippen molar-refractivity contribution in [3.05, 3.63) is 29.8 Å². The molecule has 1 N–H and O–H groups in total. The number of rotatable bonds is 8. The third-order valence-corrected chi connectivity index (χ3v) is 7.83. The van der Waals surface area contributed by atoms with Crippen LogP contribution in [0.15, 0.2) is 29.2 Å². The first-order valence-corrected chi connectivity index (χ1v) is 11.8. The molecule has 2 aliphatic rings. The van der Waals surface area contributed by atoms with Crippen molar-refractivity contribution in [3.63, 3.8) is 0 Å². The van der Waals surface area contributed by atoms with Crippen molar-refractivity contribution < 1.29 is 22.7 Å². The van der Waals surface area contributed by atoms with E-state index in [0.717, 1.165) is 44.9 Å². The molecule has 1 aromatic rings. The molecule has 2 fully saturated rings. The number of nitrogens with one attached hydrogen (secondary N) is 1. The van der Waals surface area contributed by atoms with Crippen LogP contribution in [0.1, 0.15) is 62.2 Å². The van der Waals surface area contributed by atoms with E-state index >= 15 is 0 Å². The molecule has 0 bridgehead atoms. The van der Waals surface area contributed by atoms with Gasteiger partial charge in [0.1, 0.15) is 0 Å². The SMILES string of the molecule is CC(NC(=O)COC(=O)c1ccc(S(=O)(=O)N(C)C2CCCCC2)cc1)C1CC1. The highest BCUT2D eigenvalue weighted by Crippen LogP contribution is 2.32. The number of benzene rings is 1. The van der Waals surface area contributed by atoms with Gasteiger partial charge in [-0.1, -0.05) is 19.3 Å². The lowest BCUT2D eigenvalue weighted by molar-refractivity contribution is -0.124. The van der Waals surface area contributed by atoms with E-state index in [4.69, 9.17) is 4.74 Å². The average Bonchev–Trinajstić information content (AvgIpc) is 3.57. The molecule has 2 aliphatic carbocycles. The first kappa shape index (κ1) is 21.8. The number of carbonyl (C=O) groups is 2. The molecule has 1 amide bonds. The second-order valence-corrected chi connectivity index (χ2v) is 10.1. The fraction of sp³-hybridized carbons (Fsp3) is 0.619. The maximum Gasteiger partial charge on any atom is 0.338 e. The van der Waals surface area contributed by atoms with Gasteiger partial charge in [0.2, 0.25) is 10.0 Å². The summed E-state index contributed by atoms with van der Waals surface area (Å²) in [6.07, 6.45) is 7.23. The highest BCUT2D eigenvalue weighted by molar-refractivity contribution is 7.89. The molecule has 0 aliphatic heterocycles. The number of sulfonamides is 1. The van der Waals surface area contributed by atoms with Gasteiger partial charge in [0, 0.05) is 19.1 Å². The molecule has 0 saturated heterocycles. The second kappa shape index (κ2) is 9.26. The Morgan fingerprint density at radius 2 is 1.72 bits per heavy atom. The number of ether oxygens (including phenoxy) is 1. The van der Waals surface area contributed by atoms with E-state index in [2.05, 4.69) is 5.32 Å². The van der Waals surface area contributed by atoms with Gasteiger partial charge in [-0.3, -0.25) is 4.79 Å². The number of hydrogen-bond acceptors (Lipinski definition) is 5. The fourth-order valence-electron chi connectivity index (χ4n) is 3.79. The van der Waals surface area contributed by atoms with Gasteiger partial charge < -0.3 is 10.1 Å². The predicted octanol–water partition coefficient (Wildman–Crippen LogP) is 2.71. The number of nitrogens with zero attached hydrogens (tertiary/aromatic N) is 1. The largest absolute Gasteiger partial charge is 0.452 e. The topological polar surface area (TPSA) is 92.8 Å². The Morgan fingerprint density at radius 3 is 2.31 bits per heavy atom. The van der Waals surface area contributed by atoms with Crippen LogP contribution in [0.5, 0.6) is 0 Å². The van der Waals surface area contributed by atoms with Crippen molar-refractivity contribution in [1.29, 1.82) is 0 Å². The quantitative estimate of drug-likeness (QED) is 0.650. The molecule has 0 radical (unpaired) electrons. The average molecular weight is 423 g/mol. The normalized spacial score (nSPS) is 19.0. The van der Waals surface area contributed by atoms with Crippen molar-refractivity contribution in [2.24, 2.45) is 5.92 Å². The Labute approximate surface area is 172 Å². The molecular weight excluding hydrogens is 392 g/mol. The van der Waals surface area contributed by atoms with E-state index in [9.17, 15) is 18.0 Å². The van der Waals surface area contributed by atoms with Crippen LogP contribution in [0, 0.1) is 5.92 Å². The molecule has 29 heavy (non-hydrogen) atoms. The van der Waals surface area contributed by atoms with Gasteiger partial charge >= 0.3 is 5.97 Å². The zero-order valence-corrected chi connectivity index (χ0v) is 17.9. The number of carbonyl (C=O) groups excluding carboxylic acids is 2.